The Morgan fingerprint density at radius 1 is 1.73 bits per heavy atom. The molecule has 0 aromatic heterocycles. The molecular weight excluding hydrogens is 149 g/mol. The summed E-state index contributed by atoms with van der Waals surface area (Å²) in [6.07, 6.45) is 1.44. The Kier molecular flexibility index (Phi) is 4.41. The first kappa shape index (κ1) is 10.1. The molecule has 0 fully saturated rings. The molecule has 0 N–H and O–H groups in total. The number of halogens is 1. The smallest absolute Gasteiger partial charge is 0.252 e. The monoisotopic (exact) mass is 161 g/mol. The number of rotatable bonds is 4. The van der Waals surface area contributed by atoms with Crippen LogP contribution in [0.1, 0.15) is 19.8 Å². The topological polar surface area (TPSA) is 37.4 Å². The Balaban J connectivity index is 3.73. The van der Waals surface area contributed by atoms with E-state index in [2.05, 4.69) is 0 Å². The second-order valence-electron chi connectivity index (χ2n) is 2.46. The van der Waals surface area contributed by atoms with Gasteiger partial charge >= 0.3 is 0 Å². The van der Waals surface area contributed by atoms with Crippen LogP contribution in [0, 0.1) is 5.92 Å². The van der Waals surface area contributed by atoms with Crippen molar-refractivity contribution < 1.29 is 14.1 Å². The number of amides is 1. The third-order valence-corrected chi connectivity index (χ3v) is 1.44. The molecule has 3 nitrogen and oxygen atoms in total. The van der Waals surface area contributed by atoms with E-state index in [9.17, 15) is 14.1 Å². The van der Waals surface area contributed by atoms with E-state index >= 15 is 0 Å². The number of carbonyl (C=O) groups is 2. The Hall–Kier alpha value is -0.930. The van der Waals surface area contributed by atoms with Gasteiger partial charge in [-0.25, -0.2) is 0 Å². The lowest BCUT2D eigenvalue weighted by Crippen LogP contribution is -2.24. The highest BCUT2D eigenvalue weighted by molar-refractivity contribution is 5.77. The van der Waals surface area contributed by atoms with Crippen molar-refractivity contribution in [3.8, 4) is 0 Å². The Morgan fingerprint density at radius 2 is 2.27 bits per heavy atom. The highest BCUT2D eigenvalue weighted by atomic mass is 19.2. The summed E-state index contributed by atoms with van der Waals surface area (Å²) in [4.78, 5) is 20.7. The van der Waals surface area contributed by atoms with Gasteiger partial charge in [0.2, 0.25) is 0 Å². The third-order valence-electron chi connectivity index (χ3n) is 1.44. The fraction of sp³-hybridized carbons (Fsp3) is 0.714. The van der Waals surface area contributed by atoms with Gasteiger partial charge in [-0.15, -0.1) is 0 Å². The second kappa shape index (κ2) is 4.82. The first-order valence-corrected chi connectivity index (χ1v) is 3.46. The minimum Gasteiger partial charge on any atom is -0.303 e. The molecular formula is C7H12FNO2. The van der Waals surface area contributed by atoms with Crippen molar-refractivity contribution in [3.63, 3.8) is 0 Å². The molecule has 0 aliphatic heterocycles. The van der Waals surface area contributed by atoms with E-state index in [1.165, 1.54) is 0 Å². The summed E-state index contributed by atoms with van der Waals surface area (Å²) in [7, 11) is 1.06. The van der Waals surface area contributed by atoms with E-state index in [1.807, 2.05) is 0 Å². The molecule has 1 amide bonds. The van der Waals surface area contributed by atoms with Crippen LogP contribution in [0.5, 0.6) is 0 Å². The summed E-state index contributed by atoms with van der Waals surface area (Å²) in [6.45, 7) is 1.60. The van der Waals surface area contributed by atoms with Crippen LogP contribution in [0.15, 0.2) is 0 Å². The molecule has 11 heavy (non-hydrogen) atoms. The summed E-state index contributed by atoms with van der Waals surface area (Å²) in [5.41, 5.74) is 0. The number of hydrogen-bond acceptors (Lipinski definition) is 2. The van der Waals surface area contributed by atoms with Crippen LogP contribution >= 0.6 is 0 Å². The maximum absolute atomic E-state index is 12.2. The van der Waals surface area contributed by atoms with Gasteiger partial charge in [0.1, 0.15) is 6.29 Å². The van der Waals surface area contributed by atoms with Gasteiger partial charge in [-0.1, -0.05) is 11.4 Å². The molecule has 0 saturated carbocycles. The van der Waals surface area contributed by atoms with Gasteiger partial charge in [0.15, 0.2) is 0 Å². The van der Waals surface area contributed by atoms with Crippen LogP contribution in [-0.2, 0) is 9.59 Å². The third kappa shape index (κ3) is 3.70. The lowest BCUT2D eigenvalue weighted by Gasteiger charge is -2.10. The highest BCUT2D eigenvalue weighted by Crippen LogP contribution is 2.07. The van der Waals surface area contributed by atoms with Crippen molar-refractivity contribution in [1.82, 2.24) is 5.12 Å². The largest absolute Gasteiger partial charge is 0.303 e. The zero-order valence-corrected chi connectivity index (χ0v) is 6.71. The molecule has 0 aromatic carbocycles. The van der Waals surface area contributed by atoms with E-state index in [-0.39, 0.29) is 5.12 Å². The number of aldehydes is 1. The molecule has 0 aliphatic carbocycles. The molecule has 0 radical (unpaired) electrons. The van der Waals surface area contributed by atoms with Crippen molar-refractivity contribution in [2.45, 2.75) is 19.8 Å². The lowest BCUT2D eigenvalue weighted by atomic mass is 10.1. The van der Waals surface area contributed by atoms with Gasteiger partial charge in [-0.2, -0.15) is 5.12 Å². The molecule has 0 bridgehead atoms. The maximum atomic E-state index is 12.2. The molecule has 0 rings (SSSR count). The maximum Gasteiger partial charge on any atom is 0.252 e. The van der Waals surface area contributed by atoms with Gasteiger partial charge in [-0.3, -0.25) is 4.79 Å². The van der Waals surface area contributed by atoms with Crippen LogP contribution < -0.4 is 0 Å². The predicted octanol–water partition coefficient (Wildman–Crippen LogP) is 0.945. The van der Waals surface area contributed by atoms with Gasteiger partial charge < -0.3 is 4.79 Å². The standard InChI is InChI=1S/C7H12FNO2/c1-6(4-3-5-10)7(11)9(2)8/h5-6H,3-4H2,1-2H3. The van der Waals surface area contributed by atoms with Crippen LogP contribution in [-0.4, -0.2) is 24.4 Å². The fourth-order valence-electron chi connectivity index (χ4n) is 0.745. The molecule has 1 unspecified atom stereocenters. The highest BCUT2D eigenvalue weighted by Gasteiger charge is 2.16. The quantitative estimate of drug-likeness (QED) is 0.454. The van der Waals surface area contributed by atoms with E-state index in [4.69, 9.17) is 0 Å². The molecule has 64 valence electrons. The predicted molar refractivity (Wildman–Crippen MR) is 38.3 cm³/mol. The van der Waals surface area contributed by atoms with Crippen LogP contribution in [0.4, 0.5) is 4.48 Å². The summed E-state index contributed by atoms with van der Waals surface area (Å²) in [5.74, 6) is -0.984. The fourth-order valence-corrected chi connectivity index (χ4v) is 0.745. The van der Waals surface area contributed by atoms with Crippen LogP contribution in [0.25, 0.3) is 0 Å². The minimum absolute atomic E-state index is 0.0511. The van der Waals surface area contributed by atoms with Crippen molar-refractivity contribution in [2.24, 2.45) is 5.92 Å². The summed E-state index contributed by atoms with van der Waals surface area (Å²) >= 11 is 0. The molecule has 0 heterocycles. The molecule has 0 aliphatic rings. The van der Waals surface area contributed by atoms with E-state index in [1.54, 1.807) is 6.92 Å². The van der Waals surface area contributed by atoms with Crippen LogP contribution in [0.2, 0.25) is 0 Å². The Morgan fingerprint density at radius 3 is 2.64 bits per heavy atom. The first-order valence-electron chi connectivity index (χ1n) is 3.46. The molecule has 0 spiro atoms. The van der Waals surface area contributed by atoms with Gasteiger partial charge in [0, 0.05) is 19.4 Å². The zero-order chi connectivity index (χ0) is 8.85. The summed E-state index contributed by atoms with van der Waals surface area (Å²) in [6, 6.07) is 0. The van der Waals surface area contributed by atoms with Gasteiger partial charge in [-0.05, 0) is 6.42 Å². The first-order chi connectivity index (χ1) is 5.09. The van der Waals surface area contributed by atoms with E-state index < -0.39 is 11.8 Å². The number of hydrogen-bond donors (Lipinski definition) is 0. The van der Waals surface area contributed by atoms with E-state index in [0.29, 0.717) is 12.8 Å². The normalized spacial score (nSPS) is 12.3. The second-order valence-corrected chi connectivity index (χ2v) is 2.46. The van der Waals surface area contributed by atoms with Gasteiger partial charge in [0.05, 0.1) is 0 Å². The SMILES string of the molecule is CC(CCC=O)C(=O)N(C)F. The average molecular weight is 161 g/mol. The molecule has 4 heteroatoms. The van der Waals surface area contributed by atoms with Crippen molar-refractivity contribution in [1.29, 1.82) is 0 Å². The lowest BCUT2D eigenvalue weighted by molar-refractivity contribution is -0.147. The Labute approximate surface area is 65.1 Å². The zero-order valence-electron chi connectivity index (χ0n) is 6.71. The molecule has 1 atom stereocenters. The number of nitrogens with zero attached hydrogens (tertiary/aromatic N) is 1. The van der Waals surface area contributed by atoms with E-state index in [0.717, 1.165) is 13.3 Å². The minimum atomic E-state index is -0.577. The van der Waals surface area contributed by atoms with Crippen molar-refractivity contribution >= 4 is 12.2 Å². The van der Waals surface area contributed by atoms with Crippen molar-refractivity contribution in [2.75, 3.05) is 7.05 Å². The number of carbonyl (C=O) groups excluding carboxylic acids is 2. The summed E-state index contributed by atoms with van der Waals surface area (Å²) < 4.78 is 12.2. The van der Waals surface area contributed by atoms with Crippen LogP contribution in [0.3, 0.4) is 0 Å². The van der Waals surface area contributed by atoms with Gasteiger partial charge in [0.25, 0.3) is 5.91 Å². The average Bonchev–Trinajstić information content (AvgIpc) is 1.98. The summed E-state index contributed by atoms with van der Waals surface area (Å²) in [5, 5.41) is 0.0511. The Bertz CT molecular complexity index is 147. The van der Waals surface area contributed by atoms with Crippen molar-refractivity contribution in [3.05, 3.63) is 0 Å². The molecule has 0 saturated heterocycles. The molecule has 0 aromatic rings.